The van der Waals surface area contributed by atoms with Gasteiger partial charge in [0.2, 0.25) is 0 Å². The number of amides is 2. The second kappa shape index (κ2) is 4.88. The van der Waals surface area contributed by atoms with E-state index in [0.29, 0.717) is 12.5 Å². The Morgan fingerprint density at radius 1 is 1.44 bits per heavy atom. The van der Waals surface area contributed by atoms with Crippen LogP contribution in [-0.2, 0) is 0 Å². The molecule has 1 aromatic rings. The zero-order chi connectivity index (χ0) is 13.3. The van der Waals surface area contributed by atoms with Gasteiger partial charge in [-0.1, -0.05) is 26.0 Å². The van der Waals surface area contributed by atoms with Gasteiger partial charge in [-0.15, -0.1) is 0 Å². The Kier molecular flexibility index (Phi) is 3.45. The molecule has 2 amide bonds. The molecule has 0 saturated carbocycles. The van der Waals surface area contributed by atoms with Crippen molar-refractivity contribution in [3.63, 3.8) is 0 Å². The Morgan fingerprint density at radius 2 is 2.17 bits per heavy atom. The van der Waals surface area contributed by atoms with E-state index in [9.17, 15) is 4.79 Å². The third-order valence-corrected chi connectivity index (χ3v) is 3.40. The van der Waals surface area contributed by atoms with Gasteiger partial charge in [-0.05, 0) is 17.5 Å². The van der Waals surface area contributed by atoms with Crippen LogP contribution in [0.5, 0.6) is 5.75 Å². The largest absolute Gasteiger partial charge is 0.496 e. The Bertz CT molecular complexity index is 457. The lowest BCUT2D eigenvalue weighted by Gasteiger charge is -2.16. The Hall–Kier alpha value is -1.71. The molecule has 18 heavy (non-hydrogen) atoms. The van der Waals surface area contributed by atoms with Gasteiger partial charge >= 0.3 is 6.03 Å². The number of nitrogens with zero attached hydrogens (tertiary/aromatic N) is 1. The fourth-order valence-electron chi connectivity index (χ4n) is 2.21. The number of carbonyl (C=O) groups is 1. The number of nitrogens with one attached hydrogen (secondary N) is 1. The van der Waals surface area contributed by atoms with Crippen LogP contribution in [0.2, 0.25) is 0 Å². The first-order chi connectivity index (χ1) is 8.52. The zero-order valence-corrected chi connectivity index (χ0v) is 11.4. The molecular formula is C14H20N2O2. The summed E-state index contributed by atoms with van der Waals surface area (Å²) >= 11 is 0. The number of rotatable bonds is 3. The molecule has 0 aromatic heterocycles. The molecule has 1 fully saturated rings. The minimum atomic E-state index is -0.0324. The minimum Gasteiger partial charge on any atom is -0.496 e. The smallest absolute Gasteiger partial charge is 0.317 e. The highest BCUT2D eigenvalue weighted by atomic mass is 16.5. The Balaban J connectivity index is 2.31. The standard InChI is InChI=1S/C14H20N2O2/c1-9(2)10-5-6-11(13(7-10)18-4)12-8-16(3)14(17)15-12/h5-7,9,12H,8H2,1-4H3,(H,15,17). The molecule has 1 heterocycles. The van der Waals surface area contributed by atoms with Crippen LogP contribution in [0.3, 0.4) is 0 Å². The highest BCUT2D eigenvalue weighted by Gasteiger charge is 2.28. The molecule has 1 aliphatic heterocycles. The number of ether oxygens (including phenoxy) is 1. The number of likely N-dealkylation sites (N-methyl/N-ethyl adjacent to an activating group) is 1. The van der Waals surface area contributed by atoms with E-state index in [1.807, 2.05) is 0 Å². The first-order valence-corrected chi connectivity index (χ1v) is 6.22. The Labute approximate surface area is 108 Å². The second-order valence-electron chi connectivity index (χ2n) is 5.04. The monoisotopic (exact) mass is 248 g/mol. The van der Waals surface area contributed by atoms with Crippen LogP contribution in [0.15, 0.2) is 18.2 Å². The normalized spacial score (nSPS) is 19.3. The predicted molar refractivity (Wildman–Crippen MR) is 71.0 cm³/mol. The molecule has 1 N–H and O–H groups in total. The van der Waals surface area contributed by atoms with Crippen molar-refractivity contribution >= 4 is 6.03 Å². The van der Waals surface area contributed by atoms with Crippen LogP contribution in [0.1, 0.15) is 36.9 Å². The van der Waals surface area contributed by atoms with Gasteiger partial charge in [0.05, 0.1) is 13.2 Å². The first kappa shape index (κ1) is 12.7. The van der Waals surface area contributed by atoms with E-state index in [1.54, 1.807) is 19.1 Å². The number of benzene rings is 1. The van der Waals surface area contributed by atoms with E-state index in [1.165, 1.54) is 5.56 Å². The van der Waals surface area contributed by atoms with Crippen LogP contribution in [0, 0.1) is 0 Å². The lowest BCUT2D eigenvalue weighted by molar-refractivity contribution is 0.226. The molecule has 4 heteroatoms. The summed E-state index contributed by atoms with van der Waals surface area (Å²) in [6.07, 6.45) is 0. The van der Waals surface area contributed by atoms with Crippen LogP contribution < -0.4 is 10.1 Å². The lowest BCUT2D eigenvalue weighted by atomic mass is 9.98. The van der Waals surface area contributed by atoms with Crippen molar-refractivity contribution in [2.75, 3.05) is 20.7 Å². The fourth-order valence-corrected chi connectivity index (χ4v) is 2.21. The second-order valence-corrected chi connectivity index (χ2v) is 5.04. The fraction of sp³-hybridized carbons (Fsp3) is 0.500. The maximum absolute atomic E-state index is 11.5. The van der Waals surface area contributed by atoms with Gasteiger partial charge in [0.15, 0.2) is 0 Å². The quantitative estimate of drug-likeness (QED) is 0.893. The van der Waals surface area contributed by atoms with Gasteiger partial charge < -0.3 is 15.0 Å². The third kappa shape index (κ3) is 2.28. The molecule has 0 bridgehead atoms. The molecule has 1 atom stereocenters. The van der Waals surface area contributed by atoms with Crippen LogP contribution in [-0.4, -0.2) is 31.6 Å². The Morgan fingerprint density at radius 3 is 2.67 bits per heavy atom. The molecule has 98 valence electrons. The number of urea groups is 1. The van der Waals surface area contributed by atoms with Crippen molar-refractivity contribution in [1.82, 2.24) is 10.2 Å². The summed E-state index contributed by atoms with van der Waals surface area (Å²) in [6.45, 7) is 4.98. The van der Waals surface area contributed by atoms with E-state index in [2.05, 4.69) is 37.4 Å². The summed E-state index contributed by atoms with van der Waals surface area (Å²) in [4.78, 5) is 13.2. The van der Waals surface area contributed by atoms with E-state index in [4.69, 9.17) is 4.74 Å². The number of carbonyl (C=O) groups excluding carboxylic acids is 1. The summed E-state index contributed by atoms with van der Waals surface area (Å²) in [6, 6.07) is 6.20. The van der Waals surface area contributed by atoms with E-state index < -0.39 is 0 Å². The van der Waals surface area contributed by atoms with Gasteiger partial charge in [-0.2, -0.15) is 0 Å². The average molecular weight is 248 g/mol. The van der Waals surface area contributed by atoms with Gasteiger partial charge in [0.25, 0.3) is 0 Å². The molecule has 1 aliphatic rings. The van der Waals surface area contributed by atoms with Crippen molar-refractivity contribution in [1.29, 1.82) is 0 Å². The van der Waals surface area contributed by atoms with Crippen molar-refractivity contribution < 1.29 is 9.53 Å². The molecule has 1 unspecified atom stereocenters. The molecule has 4 nitrogen and oxygen atoms in total. The van der Waals surface area contributed by atoms with Crippen LogP contribution in [0.4, 0.5) is 4.79 Å². The summed E-state index contributed by atoms with van der Waals surface area (Å²) in [5.74, 6) is 1.32. The first-order valence-electron chi connectivity index (χ1n) is 6.22. The van der Waals surface area contributed by atoms with Crippen LogP contribution in [0.25, 0.3) is 0 Å². The van der Waals surface area contributed by atoms with Gasteiger partial charge in [-0.25, -0.2) is 4.79 Å². The summed E-state index contributed by atoms with van der Waals surface area (Å²) in [5, 5.41) is 2.95. The topological polar surface area (TPSA) is 41.6 Å². The maximum atomic E-state index is 11.5. The number of hydrogen-bond donors (Lipinski definition) is 1. The van der Waals surface area contributed by atoms with E-state index >= 15 is 0 Å². The summed E-state index contributed by atoms with van der Waals surface area (Å²) in [5.41, 5.74) is 2.29. The molecule has 0 radical (unpaired) electrons. The minimum absolute atomic E-state index is 0.0127. The summed E-state index contributed by atoms with van der Waals surface area (Å²) in [7, 11) is 3.47. The third-order valence-electron chi connectivity index (χ3n) is 3.40. The van der Waals surface area contributed by atoms with Gasteiger partial charge in [-0.3, -0.25) is 0 Å². The van der Waals surface area contributed by atoms with Crippen molar-refractivity contribution in [2.45, 2.75) is 25.8 Å². The molecule has 2 rings (SSSR count). The van der Waals surface area contributed by atoms with E-state index in [-0.39, 0.29) is 12.1 Å². The molecule has 0 aliphatic carbocycles. The molecular weight excluding hydrogens is 228 g/mol. The van der Waals surface area contributed by atoms with Gasteiger partial charge in [0, 0.05) is 19.2 Å². The maximum Gasteiger partial charge on any atom is 0.317 e. The highest BCUT2D eigenvalue weighted by molar-refractivity contribution is 5.77. The molecule has 1 aromatic carbocycles. The number of hydrogen-bond acceptors (Lipinski definition) is 2. The molecule has 0 spiro atoms. The van der Waals surface area contributed by atoms with Gasteiger partial charge in [0.1, 0.15) is 5.75 Å². The van der Waals surface area contributed by atoms with E-state index in [0.717, 1.165) is 11.3 Å². The predicted octanol–water partition coefficient (Wildman–Crippen LogP) is 2.51. The lowest BCUT2D eigenvalue weighted by Crippen LogP contribution is -2.24. The van der Waals surface area contributed by atoms with Crippen molar-refractivity contribution in [3.8, 4) is 5.75 Å². The molecule has 1 saturated heterocycles. The SMILES string of the molecule is COc1cc(C(C)C)ccc1C1CN(C)C(=O)N1. The van der Waals surface area contributed by atoms with Crippen molar-refractivity contribution in [3.05, 3.63) is 29.3 Å². The van der Waals surface area contributed by atoms with Crippen molar-refractivity contribution in [2.24, 2.45) is 0 Å². The average Bonchev–Trinajstić information content (AvgIpc) is 2.68. The summed E-state index contributed by atoms with van der Waals surface area (Å²) < 4.78 is 5.45. The highest BCUT2D eigenvalue weighted by Crippen LogP contribution is 2.31. The number of methoxy groups -OCH3 is 1. The van der Waals surface area contributed by atoms with Crippen LogP contribution >= 0.6 is 0 Å². The zero-order valence-electron chi connectivity index (χ0n) is 11.4.